The molecular weight excluding hydrogens is 204 g/mol. The van der Waals surface area contributed by atoms with Crippen molar-refractivity contribution in [1.82, 2.24) is 0 Å². The minimum absolute atomic E-state index is 0.166. The Morgan fingerprint density at radius 1 is 1.19 bits per heavy atom. The molecule has 0 atom stereocenters. The third-order valence-corrected chi connectivity index (χ3v) is 2.31. The van der Waals surface area contributed by atoms with Crippen molar-refractivity contribution in [2.45, 2.75) is 32.3 Å². The maximum Gasteiger partial charge on any atom is 0.119 e. The lowest BCUT2D eigenvalue weighted by molar-refractivity contribution is 0.0553. The van der Waals surface area contributed by atoms with Crippen LogP contribution < -0.4 is 4.74 Å². The van der Waals surface area contributed by atoms with Gasteiger partial charge in [-0.3, -0.25) is 0 Å². The molecule has 2 N–H and O–H groups in total. The van der Waals surface area contributed by atoms with Crippen molar-refractivity contribution in [3.05, 3.63) is 29.8 Å². The Hall–Kier alpha value is -1.06. The van der Waals surface area contributed by atoms with Gasteiger partial charge in [0, 0.05) is 13.0 Å². The van der Waals surface area contributed by atoms with E-state index in [0.717, 1.165) is 11.3 Å². The van der Waals surface area contributed by atoms with Gasteiger partial charge in [0.15, 0.2) is 0 Å². The van der Waals surface area contributed by atoms with Crippen molar-refractivity contribution in [3.8, 4) is 5.75 Å². The Labute approximate surface area is 96.7 Å². The smallest absolute Gasteiger partial charge is 0.119 e. The Bertz CT molecular complexity index is 298. The van der Waals surface area contributed by atoms with E-state index in [4.69, 9.17) is 9.84 Å². The SMILES string of the molecule is CC(C)(O)CCOc1ccc(CCO)cc1. The molecule has 0 aromatic heterocycles. The highest BCUT2D eigenvalue weighted by Gasteiger charge is 2.11. The van der Waals surface area contributed by atoms with Gasteiger partial charge in [-0.25, -0.2) is 0 Å². The van der Waals surface area contributed by atoms with E-state index in [0.29, 0.717) is 19.4 Å². The lowest BCUT2D eigenvalue weighted by Crippen LogP contribution is -2.21. The number of benzene rings is 1. The molecule has 16 heavy (non-hydrogen) atoms. The molecule has 1 aromatic carbocycles. The summed E-state index contributed by atoms with van der Waals surface area (Å²) < 4.78 is 5.49. The molecule has 3 heteroatoms. The summed E-state index contributed by atoms with van der Waals surface area (Å²) in [6.07, 6.45) is 1.27. The van der Waals surface area contributed by atoms with E-state index in [1.54, 1.807) is 13.8 Å². The van der Waals surface area contributed by atoms with Crippen LogP contribution in [-0.2, 0) is 6.42 Å². The van der Waals surface area contributed by atoms with E-state index in [1.807, 2.05) is 24.3 Å². The number of hydrogen-bond acceptors (Lipinski definition) is 3. The molecule has 0 aliphatic heterocycles. The molecule has 0 saturated carbocycles. The molecule has 0 saturated heterocycles. The van der Waals surface area contributed by atoms with Gasteiger partial charge >= 0.3 is 0 Å². The quantitative estimate of drug-likeness (QED) is 0.774. The molecule has 3 nitrogen and oxygen atoms in total. The maximum absolute atomic E-state index is 9.50. The second-order valence-electron chi connectivity index (χ2n) is 4.53. The molecular formula is C13H20O3. The monoisotopic (exact) mass is 224 g/mol. The maximum atomic E-state index is 9.50. The van der Waals surface area contributed by atoms with Crippen LogP contribution in [0.15, 0.2) is 24.3 Å². The van der Waals surface area contributed by atoms with E-state index in [1.165, 1.54) is 0 Å². The average Bonchev–Trinajstić information content (AvgIpc) is 2.19. The van der Waals surface area contributed by atoms with E-state index in [2.05, 4.69) is 0 Å². The van der Waals surface area contributed by atoms with Crippen molar-refractivity contribution < 1.29 is 14.9 Å². The predicted octanol–water partition coefficient (Wildman–Crippen LogP) is 1.76. The van der Waals surface area contributed by atoms with Crippen molar-refractivity contribution in [1.29, 1.82) is 0 Å². The summed E-state index contributed by atoms with van der Waals surface area (Å²) in [5.41, 5.74) is 0.411. The number of ether oxygens (including phenoxy) is 1. The zero-order valence-electron chi connectivity index (χ0n) is 9.94. The fourth-order valence-corrected chi connectivity index (χ4v) is 1.30. The second-order valence-corrected chi connectivity index (χ2v) is 4.53. The molecule has 0 spiro atoms. The topological polar surface area (TPSA) is 49.7 Å². The van der Waals surface area contributed by atoms with Crippen LogP contribution in [0.1, 0.15) is 25.8 Å². The highest BCUT2D eigenvalue weighted by molar-refractivity contribution is 5.27. The first-order valence-electron chi connectivity index (χ1n) is 5.56. The standard InChI is InChI=1S/C13H20O3/c1-13(2,15)8-10-16-12-5-3-11(4-6-12)7-9-14/h3-6,14-15H,7-10H2,1-2H3. The third-order valence-electron chi connectivity index (χ3n) is 2.31. The van der Waals surface area contributed by atoms with Crippen LogP contribution in [-0.4, -0.2) is 29.0 Å². The van der Waals surface area contributed by atoms with Crippen LogP contribution in [0.25, 0.3) is 0 Å². The zero-order chi connectivity index (χ0) is 12.0. The normalized spacial score (nSPS) is 11.5. The van der Waals surface area contributed by atoms with Gasteiger partial charge < -0.3 is 14.9 Å². The summed E-state index contributed by atoms with van der Waals surface area (Å²) in [5, 5.41) is 18.3. The molecule has 0 radical (unpaired) electrons. The Balaban J connectivity index is 2.37. The van der Waals surface area contributed by atoms with Crippen molar-refractivity contribution in [2.75, 3.05) is 13.2 Å². The first-order valence-corrected chi connectivity index (χ1v) is 5.56. The molecule has 1 rings (SSSR count). The second kappa shape index (κ2) is 5.87. The number of aliphatic hydroxyl groups excluding tert-OH is 1. The molecule has 0 aliphatic rings. The van der Waals surface area contributed by atoms with Crippen LogP contribution in [0, 0.1) is 0 Å². The summed E-state index contributed by atoms with van der Waals surface area (Å²) in [6.45, 7) is 4.20. The van der Waals surface area contributed by atoms with E-state index in [9.17, 15) is 5.11 Å². The van der Waals surface area contributed by atoms with Gasteiger partial charge in [-0.15, -0.1) is 0 Å². The summed E-state index contributed by atoms with van der Waals surface area (Å²) >= 11 is 0. The summed E-state index contributed by atoms with van der Waals surface area (Å²) in [7, 11) is 0. The predicted molar refractivity (Wildman–Crippen MR) is 63.6 cm³/mol. The van der Waals surface area contributed by atoms with Crippen molar-refractivity contribution in [3.63, 3.8) is 0 Å². The van der Waals surface area contributed by atoms with E-state index >= 15 is 0 Å². The van der Waals surface area contributed by atoms with Crippen LogP contribution in [0.4, 0.5) is 0 Å². The summed E-state index contributed by atoms with van der Waals surface area (Å²) in [5.74, 6) is 0.797. The molecule has 0 aliphatic carbocycles. The van der Waals surface area contributed by atoms with Crippen LogP contribution in [0.5, 0.6) is 5.75 Å². The molecule has 0 bridgehead atoms. The number of aliphatic hydroxyl groups is 2. The van der Waals surface area contributed by atoms with Gasteiger partial charge in [0.25, 0.3) is 0 Å². The van der Waals surface area contributed by atoms with Gasteiger partial charge in [-0.05, 0) is 38.0 Å². The van der Waals surface area contributed by atoms with E-state index < -0.39 is 5.60 Å². The molecule has 0 unspecified atom stereocenters. The first kappa shape index (κ1) is 13.0. The lowest BCUT2D eigenvalue weighted by atomic mass is 10.1. The van der Waals surface area contributed by atoms with Gasteiger partial charge in [0.05, 0.1) is 12.2 Å². The van der Waals surface area contributed by atoms with Crippen LogP contribution in [0.3, 0.4) is 0 Å². The minimum Gasteiger partial charge on any atom is -0.493 e. The van der Waals surface area contributed by atoms with Gasteiger partial charge in [-0.2, -0.15) is 0 Å². The Morgan fingerprint density at radius 2 is 1.81 bits per heavy atom. The Kier molecular flexibility index (Phi) is 4.77. The minimum atomic E-state index is -0.684. The summed E-state index contributed by atoms with van der Waals surface area (Å²) in [6, 6.07) is 7.65. The van der Waals surface area contributed by atoms with Gasteiger partial charge in [0.2, 0.25) is 0 Å². The van der Waals surface area contributed by atoms with Crippen molar-refractivity contribution >= 4 is 0 Å². The molecule has 0 fully saturated rings. The van der Waals surface area contributed by atoms with Crippen molar-refractivity contribution in [2.24, 2.45) is 0 Å². The van der Waals surface area contributed by atoms with Crippen LogP contribution in [0.2, 0.25) is 0 Å². The Morgan fingerprint density at radius 3 is 2.31 bits per heavy atom. The average molecular weight is 224 g/mol. The number of hydrogen-bond donors (Lipinski definition) is 2. The molecule has 0 heterocycles. The fraction of sp³-hybridized carbons (Fsp3) is 0.538. The zero-order valence-corrected chi connectivity index (χ0v) is 9.94. The first-order chi connectivity index (χ1) is 7.51. The van der Waals surface area contributed by atoms with Gasteiger partial charge in [-0.1, -0.05) is 12.1 Å². The molecule has 90 valence electrons. The molecule has 1 aromatic rings. The van der Waals surface area contributed by atoms with Gasteiger partial charge in [0.1, 0.15) is 5.75 Å². The highest BCUT2D eigenvalue weighted by atomic mass is 16.5. The number of rotatable bonds is 6. The third kappa shape index (κ3) is 5.14. The lowest BCUT2D eigenvalue weighted by Gasteiger charge is -2.17. The van der Waals surface area contributed by atoms with Crippen LogP contribution >= 0.6 is 0 Å². The highest BCUT2D eigenvalue weighted by Crippen LogP contribution is 2.14. The van der Waals surface area contributed by atoms with E-state index in [-0.39, 0.29) is 6.61 Å². The fourth-order valence-electron chi connectivity index (χ4n) is 1.30. The largest absolute Gasteiger partial charge is 0.493 e. The molecule has 0 amide bonds. The summed E-state index contributed by atoms with van der Waals surface area (Å²) in [4.78, 5) is 0.